The highest BCUT2D eigenvalue weighted by Crippen LogP contribution is 2.23. The monoisotopic (exact) mass is 227 g/mol. The van der Waals surface area contributed by atoms with Crippen LogP contribution in [-0.2, 0) is 6.42 Å². The fraction of sp³-hybridized carbons (Fsp3) is 0.667. The van der Waals surface area contributed by atoms with E-state index < -0.39 is 0 Å². The molecular formula is C12H21NOS. The Morgan fingerprint density at radius 3 is 2.67 bits per heavy atom. The highest BCUT2D eigenvalue weighted by molar-refractivity contribution is 7.12. The third-order valence-corrected chi connectivity index (χ3v) is 3.88. The number of hydrogen-bond acceptors (Lipinski definition) is 3. The van der Waals surface area contributed by atoms with E-state index in [0.717, 1.165) is 19.4 Å². The summed E-state index contributed by atoms with van der Waals surface area (Å²) in [6.45, 7) is 7.05. The quantitative estimate of drug-likeness (QED) is 0.783. The molecule has 2 nitrogen and oxygen atoms in total. The third kappa shape index (κ3) is 4.33. The van der Waals surface area contributed by atoms with E-state index in [1.807, 2.05) is 18.3 Å². The van der Waals surface area contributed by atoms with Gasteiger partial charge in [-0.3, -0.25) is 0 Å². The average molecular weight is 227 g/mol. The zero-order valence-electron chi connectivity index (χ0n) is 9.79. The van der Waals surface area contributed by atoms with E-state index in [1.165, 1.54) is 9.75 Å². The first kappa shape index (κ1) is 12.7. The van der Waals surface area contributed by atoms with Crippen molar-refractivity contribution < 1.29 is 5.11 Å². The first-order chi connectivity index (χ1) is 7.13. The van der Waals surface area contributed by atoms with Gasteiger partial charge in [-0.1, -0.05) is 6.92 Å². The van der Waals surface area contributed by atoms with Gasteiger partial charge in [-0.15, -0.1) is 11.3 Å². The van der Waals surface area contributed by atoms with E-state index in [9.17, 15) is 0 Å². The summed E-state index contributed by atoms with van der Waals surface area (Å²) in [4.78, 5) is 2.83. The maximum atomic E-state index is 9.14. The molecule has 0 saturated carbocycles. The second kappa shape index (κ2) is 6.26. The lowest BCUT2D eigenvalue weighted by atomic mass is 10.2. The van der Waals surface area contributed by atoms with E-state index in [1.54, 1.807) is 0 Å². The van der Waals surface area contributed by atoms with Crippen LogP contribution in [0.15, 0.2) is 12.1 Å². The third-order valence-electron chi connectivity index (χ3n) is 2.47. The lowest BCUT2D eigenvalue weighted by Crippen LogP contribution is -2.21. The molecule has 0 radical (unpaired) electrons. The Labute approximate surface area is 96.3 Å². The van der Waals surface area contributed by atoms with Crippen LogP contribution in [0.1, 0.15) is 43.0 Å². The average Bonchev–Trinajstić information content (AvgIpc) is 2.65. The highest BCUT2D eigenvalue weighted by Gasteiger charge is 2.07. The topological polar surface area (TPSA) is 32.3 Å². The number of thiophene rings is 1. The van der Waals surface area contributed by atoms with Crippen LogP contribution in [0.5, 0.6) is 0 Å². The summed E-state index contributed by atoms with van der Waals surface area (Å²) in [5.74, 6) is 0. The molecule has 0 spiro atoms. The van der Waals surface area contributed by atoms with Crippen molar-refractivity contribution in [3.8, 4) is 0 Å². The summed E-state index contributed by atoms with van der Waals surface area (Å²) >= 11 is 1.87. The molecule has 0 aliphatic heterocycles. The van der Waals surface area contributed by atoms with Gasteiger partial charge < -0.3 is 10.4 Å². The number of nitrogens with one attached hydrogen (secondary N) is 1. The van der Waals surface area contributed by atoms with Gasteiger partial charge in [0.2, 0.25) is 0 Å². The fourth-order valence-corrected chi connectivity index (χ4v) is 2.41. The summed E-state index contributed by atoms with van der Waals surface area (Å²) in [5, 5.41) is 12.6. The second-order valence-electron chi connectivity index (χ2n) is 3.97. The molecule has 1 aromatic rings. The van der Waals surface area contributed by atoms with Gasteiger partial charge in [0.05, 0.1) is 6.10 Å². The minimum Gasteiger partial charge on any atom is -0.393 e. The molecule has 2 atom stereocenters. The van der Waals surface area contributed by atoms with Crippen molar-refractivity contribution in [2.45, 2.75) is 45.8 Å². The standard InChI is InChI=1S/C12H21NOS/c1-4-11-5-6-12(15-11)10(3)13-8-7-9(2)14/h5-6,9-10,13-14H,4,7-8H2,1-3H3. The van der Waals surface area contributed by atoms with Gasteiger partial charge in [0, 0.05) is 15.8 Å². The van der Waals surface area contributed by atoms with E-state index in [2.05, 4.69) is 31.3 Å². The first-order valence-electron chi connectivity index (χ1n) is 5.63. The zero-order chi connectivity index (χ0) is 11.3. The number of aliphatic hydroxyl groups is 1. The molecular weight excluding hydrogens is 206 g/mol. The van der Waals surface area contributed by atoms with Crippen LogP contribution in [0.4, 0.5) is 0 Å². The first-order valence-corrected chi connectivity index (χ1v) is 6.45. The van der Waals surface area contributed by atoms with Gasteiger partial charge in [0.1, 0.15) is 0 Å². The highest BCUT2D eigenvalue weighted by atomic mass is 32.1. The molecule has 86 valence electrons. The molecule has 0 aliphatic rings. The van der Waals surface area contributed by atoms with Gasteiger partial charge in [-0.25, -0.2) is 0 Å². The van der Waals surface area contributed by atoms with Gasteiger partial charge in [-0.05, 0) is 45.4 Å². The summed E-state index contributed by atoms with van der Waals surface area (Å²) in [5.41, 5.74) is 0. The van der Waals surface area contributed by atoms with Gasteiger partial charge >= 0.3 is 0 Å². The maximum Gasteiger partial charge on any atom is 0.0524 e. The van der Waals surface area contributed by atoms with Crippen molar-refractivity contribution in [2.75, 3.05) is 6.54 Å². The van der Waals surface area contributed by atoms with Crippen LogP contribution in [-0.4, -0.2) is 17.8 Å². The molecule has 15 heavy (non-hydrogen) atoms. The largest absolute Gasteiger partial charge is 0.393 e. The molecule has 0 amide bonds. The predicted molar refractivity (Wildman–Crippen MR) is 66.4 cm³/mol. The number of aliphatic hydroxyl groups excluding tert-OH is 1. The van der Waals surface area contributed by atoms with Crippen molar-refractivity contribution in [1.29, 1.82) is 0 Å². The predicted octanol–water partition coefficient (Wildman–Crippen LogP) is 2.73. The fourth-order valence-electron chi connectivity index (χ4n) is 1.43. The van der Waals surface area contributed by atoms with Gasteiger partial charge in [-0.2, -0.15) is 0 Å². The molecule has 0 aromatic carbocycles. The molecule has 2 unspecified atom stereocenters. The molecule has 0 bridgehead atoms. The Bertz CT molecular complexity index is 283. The molecule has 3 heteroatoms. The molecule has 1 rings (SSSR count). The molecule has 0 aliphatic carbocycles. The summed E-state index contributed by atoms with van der Waals surface area (Å²) in [6, 6.07) is 4.80. The maximum absolute atomic E-state index is 9.14. The van der Waals surface area contributed by atoms with Crippen molar-refractivity contribution in [3.63, 3.8) is 0 Å². The smallest absolute Gasteiger partial charge is 0.0524 e. The van der Waals surface area contributed by atoms with Crippen molar-refractivity contribution in [1.82, 2.24) is 5.32 Å². The second-order valence-corrected chi connectivity index (χ2v) is 5.17. The molecule has 2 N–H and O–H groups in total. The van der Waals surface area contributed by atoms with Crippen molar-refractivity contribution in [3.05, 3.63) is 21.9 Å². The van der Waals surface area contributed by atoms with E-state index in [4.69, 9.17) is 5.11 Å². The number of hydrogen-bond donors (Lipinski definition) is 2. The zero-order valence-corrected chi connectivity index (χ0v) is 10.6. The summed E-state index contributed by atoms with van der Waals surface area (Å²) < 4.78 is 0. The lowest BCUT2D eigenvalue weighted by molar-refractivity contribution is 0.182. The Morgan fingerprint density at radius 2 is 2.13 bits per heavy atom. The Balaban J connectivity index is 2.36. The van der Waals surface area contributed by atoms with Crippen LogP contribution in [0, 0.1) is 0 Å². The Morgan fingerprint density at radius 1 is 1.40 bits per heavy atom. The normalized spacial score (nSPS) is 15.2. The minimum atomic E-state index is -0.209. The van der Waals surface area contributed by atoms with Crippen LogP contribution in [0.3, 0.4) is 0 Å². The molecule has 0 fully saturated rings. The molecule has 0 saturated heterocycles. The van der Waals surface area contributed by atoms with E-state index in [0.29, 0.717) is 6.04 Å². The Kier molecular flexibility index (Phi) is 5.29. The summed E-state index contributed by atoms with van der Waals surface area (Å²) in [7, 11) is 0. The SMILES string of the molecule is CCc1ccc(C(C)NCCC(C)O)s1. The van der Waals surface area contributed by atoms with Crippen molar-refractivity contribution >= 4 is 11.3 Å². The van der Waals surface area contributed by atoms with Crippen LogP contribution < -0.4 is 5.32 Å². The molecule has 1 heterocycles. The number of rotatable bonds is 6. The van der Waals surface area contributed by atoms with E-state index in [-0.39, 0.29) is 6.10 Å². The minimum absolute atomic E-state index is 0.209. The summed E-state index contributed by atoms with van der Waals surface area (Å²) in [6.07, 6.45) is 1.72. The number of aryl methyl sites for hydroxylation is 1. The van der Waals surface area contributed by atoms with Crippen molar-refractivity contribution in [2.24, 2.45) is 0 Å². The van der Waals surface area contributed by atoms with E-state index >= 15 is 0 Å². The van der Waals surface area contributed by atoms with Crippen LogP contribution in [0.25, 0.3) is 0 Å². The lowest BCUT2D eigenvalue weighted by Gasteiger charge is -2.12. The van der Waals surface area contributed by atoms with Gasteiger partial charge in [0.15, 0.2) is 0 Å². The Hall–Kier alpha value is -0.380. The van der Waals surface area contributed by atoms with Crippen LogP contribution >= 0.6 is 11.3 Å². The molecule has 1 aromatic heterocycles. The van der Waals surface area contributed by atoms with Gasteiger partial charge in [0.25, 0.3) is 0 Å². The van der Waals surface area contributed by atoms with Crippen LogP contribution in [0.2, 0.25) is 0 Å².